The van der Waals surface area contributed by atoms with Gasteiger partial charge >= 0.3 is 0 Å². The molecule has 4 aliphatic carbocycles. The van der Waals surface area contributed by atoms with Crippen LogP contribution in [0.3, 0.4) is 0 Å². The number of carbonyl (C=O) groups is 1. The Morgan fingerprint density at radius 1 is 1.06 bits per heavy atom. The molecule has 4 fully saturated rings. The quantitative estimate of drug-likeness (QED) is 0.757. The second-order valence-corrected chi connectivity index (χ2v) is 8.24. The van der Waals surface area contributed by atoms with Crippen LogP contribution in [0.25, 0.3) is 0 Å². The molecule has 0 aromatic rings. The average Bonchev–Trinajstić information content (AvgIpc) is 2.41. The number of fused-ring (bicyclic) bond motifs is 1. The third kappa shape index (κ3) is 2.19. The van der Waals surface area contributed by atoms with Crippen LogP contribution in [-0.2, 0) is 4.79 Å². The zero-order valence-corrected chi connectivity index (χ0v) is 12.1. The Labute approximate surface area is 111 Å². The molecule has 1 amide bonds. The first-order chi connectivity index (χ1) is 8.36. The van der Waals surface area contributed by atoms with E-state index in [1.165, 1.54) is 38.5 Å². The van der Waals surface area contributed by atoms with Crippen LogP contribution in [0.1, 0.15) is 65.7 Å². The summed E-state index contributed by atoms with van der Waals surface area (Å²) in [7, 11) is 0. The third-order valence-electron chi connectivity index (χ3n) is 5.36. The largest absolute Gasteiger partial charge is 0.351 e. The summed E-state index contributed by atoms with van der Waals surface area (Å²) in [5, 5.41) is 3.26. The van der Waals surface area contributed by atoms with Crippen LogP contribution in [0.15, 0.2) is 0 Å². The van der Waals surface area contributed by atoms with Gasteiger partial charge in [-0.05, 0) is 83.5 Å². The second kappa shape index (κ2) is 3.98. The minimum atomic E-state index is -0.0893. The zero-order valence-electron chi connectivity index (χ0n) is 12.1. The molecule has 4 saturated carbocycles. The standard InChI is InChI=1S/C16H27NO/c1-15(2,3)17-14(18)16-5-4-11-6-12(9-16)8-13(7-11)10-16/h11-13H,4-10H2,1-3H3,(H,17,18)/t11?,12-,13-,16?/m0/s1. The second-order valence-electron chi connectivity index (χ2n) is 8.24. The molecule has 4 rings (SSSR count). The van der Waals surface area contributed by atoms with Crippen LogP contribution in [0, 0.1) is 23.2 Å². The molecule has 4 aliphatic rings. The highest BCUT2D eigenvalue weighted by molar-refractivity contribution is 5.83. The van der Waals surface area contributed by atoms with Crippen LogP contribution in [0.4, 0.5) is 0 Å². The van der Waals surface area contributed by atoms with Crippen LogP contribution in [0.5, 0.6) is 0 Å². The molecule has 0 aromatic heterocycles. The van der Waals surface area contributed by atoms with E-state index in [9.17, 15) is 4.79 Å². The maximum atomic E-state index is 12.8. The Hall–Kier alpha value is -0.530. The van der Waals surface area contributed by atoms with Gasteiger partial charge in [-0.1, -0.05) is 0 Å². The lowest BCUT2D eigenvalue weighted by molar-refractivity contribution is -0.137. The van der Waals surface area contributed by atoms with E-state index in [1.807, 2.05) is 0 Å². The van der Waals surface area contributed by atoms with Crippen molar-refractivity contribution >= 4 is 5.91 Å². The number of carbonyl (C=O) groups excluding carboxylic acids is 1. The first kappa shape index (κ1) is 12.5. The Morgan fingerprint density at radius 2 is 1.61 bits per heavy atom. The van der Waals surface area contributed by atoms with Gasteiger partial charge in [0.15, 0.2) is 0 Å². The van der Waals surface area contributed by atoms with Gasteiger partial charge < -0.3 is 5.32 Å². The van der Waals surface area contributed by atoms with Crippen molar-refractivity contribution in [1.29, 1.82) is 0 Å². The first-order valence-electron chi connectivity index (χ1n) is 7.69. The average molecular weight is 249 g/mol. The number of rotatable bonds is 1. The van der Waals surface area contributed by atoms with Gasteiger partial charge in [-0.25, -0.2) is 0 Å². The summed E-state index contributed by atoms with van der Waals surface area (Å²) in [6, 6.07) is 0. The smallest absolute Gasteiger partial charge is 0.226 e. The van der Waals surface area contributed by atoms with Crippen molar-refractivity contribution in [3.8, 4) is 0 Å². The van der Waals surface area contributed by atoms with Crippen molar-refractivity contribution in [2.24, 2.45) is 23.2 Å². The van der Waals surface area contributed by atoms with E-state index in [4.69, 9.17) is 0 Å². The maximum Gasteiger partial charge on any atom is 0.226 e. The van der Waals surface area contributed by atoms with Gasteiger partial charge in [0.1, 0.15) is 0 Å². The molecule has 0 unspecified atom stereocenters. The van der Waals surface area contributed by atoms with Gasteiger partial charge in [-0.15, -0.1) is 0 Å². The maximum absolute atomic E-state index is 12.8. The molecule has 2 atom stereocenters. The predicted octanol–water partition coefficient (Wildman–Crippen LogP) is 3.51. The van der Waals surface area contributed by atoms with E-state index in [0.29, 0.717) is 5.91 Å². The van der Waals surface area contributed by atoms with Crippen molar-refractivity contribution in [3.63, 3.8) is 0 Å². The lowest BCUT2D eigenvalue weighted by atomic mass is 9.61. The molecule has 0 aromatic carbocycles. The topological polar surface area (TPSA) is 29.1 Å². The normalized spacial score (nSPS) is 42.7. The lowest BCUT2D eigenvalue weighted by Crippen LogP contribution is -2.51. The number of nitrogens with one attached hydrogen (secondary N) is 1. The zero-order chi connectivity index (χ0) is 13.0. The Balaban J connectivity index is 1.83. The molecule has 1 N–H and O–H groups in total. The molecule has 102 valence electrons. The summed E-state index contributed by atoms with van der Waals surface area (Å²) < 4.78 is 0. The van der Waals surface area contributed by atoms with Crippen LogP contribution >= 0.6 is 0 Å². The summed E-state index contributed by atoms with van der Waals surface area (Å²) in [5.74, 6) is 2.97. The molecule has 0 radical (unpaired) electrons. The summed E-state index contributed by atoms with van der Waals surface area (Å²) in [5.41, 5.74) is -0.0971. The van der Waals surface area contributed by atoms with Crippen molar-refractivity contribution in [2.75, 3.05) is 0 Å². The van der Waals surface area contributed by atoms with Gasteiger partial charge in [0, 0.05) is 11.0 Å². The van der Waals surface area contributed by atoms with Gasteiger partial charge in [0.05, 0.1) is 0 Å². The SMILES string of the molecule is CC(C)(C)NC(=O)C12CCC3C[C@@H](C[C@H](C3)C1)C2. The summed E-state index contributed by atoms with van der Waals surface area (Å²) in [6.07, 6.45) is 8.99. The molecular formula is C16H27NO. The third-order valence-corrected chi connectivity index (χ3v) is 5.36. The molecule has 0 spiro atoms. The molecule has 2 heteroatoms. The van der Waals surface area contributed by atoms with Crippen LogP contribution in [0.2, 0.25) is 0 Å². The van der Waals surface area contributed by atoms with Gasteiger partial charge in [-0.3, -0.25) is 4.79 Å². The summed E-state index contributed by atoms with van der Waals surface area (Å²) in [4.78, 5) is 12.8. The molecule has 18 heavy (non-hydrogen) atoms. The fraction of sp³-hybridized carbons (Fsp3) is 0.938. The highest BCUT2D eigenvalue weighted by Gasteiger charge is 2.51. The number of hydrogen-bond donors (Lipinski definition) is 1. The molecule has 0 heterocycles. The minimum Gasteiger partial charge on any atom is -0.351 e. The van der Waals surface area contributed by atoms with Gasteiger partial charge in [0.25, 0.3) is 0 Å². The summed E-state index contributed by atoms with van der Waals surface area (Å²) in [6.45, 7) is 6.29. The molecular weight excluding hydrogens is 222 g/mol. The van der Waals surface area contributed by atoms with Crippen molar-refractivity contribution in [1.82, 2.24) is 5.32 Å². The van der Waals surface area contributed by atoms with E-state index in [1.54, 1.807) is 0 Å². The first-order valence-corrected chi connectivity index (χ1v) is 7.69. The monoisotopic (exact) mass is 249 g/mol. The Bertz CT molecular complexity index is 341. The summed E-state index contributed by atoms with van der Waals surface area (Å²) >= 11 is 0. The highest BCUT2D eigenvalue weighted by atomic mass is 16.2. The molecule has 2 nitrogen and oxygen atoms in total. The van der Waals surface area contributed by atoms with E-state index in [-0.39, 0.29) is 11.0 Å². The Morgan fingerprint density at radius 3 is 2.17 bits per heavy atom. The van der Waals surface area contributed by atoms with E-state index < -0.39 is 0 Å². The fourth-order valence-electron chi connectivity index (χ4n) is 4.92. The molecule has 0 saturated heterocycles. The minimum absolute atomic E-state index is 0.00782. The van der Waals surface area contributed by atoms with Crippen molar-refractivity contribution in [3.05, 3.63) is 0 Å². The van der Waals surface area contributed by atoms with E-state index >= 15 is 0 Å². The highest BCUT2D eigenvalue weighted by Crippen LogP contribution is 2.57. The molecule has 4 bridgehead atoms. The van der Waals surface area contributed by atoms with Gasteiger partial charge in [0.2, 0.25) is 5.91 Å². The van der Waals surface area contributed by atoms with Crippen molar-refractivity contribution < 1.29 is 4.79 Å². The van der Waals surface area contributed by atoms with E-state index in [2.05, 4.69) is 26.1 Å². The van der Waals surface area contributed by atoms with E-state index in [0.717, 1.165) is 24.2 Å². The lowest BCUT2D eigenvalue weighted by Gasteiger charge is -2.45. The number of amides is 1. The van der Waals surface area contributed by atoms with Crippen LogP contribution in [-0.4, -0.2) is 11.4 Å². The fourth-order valence-corrected chi connectivity index (χ4v) is 4.92. The Kier molecular flexibility index (Phi) is 2.76. The predicted molar refractivity (Wildman–Crippen MR) is 73.1 cm³/mol. The number of hydrogen-bond acceptors (Lipinski definition) is 1. The van der Waals surface area contributed by atoms with Crippen molar-refractivity contribution in [2.45, 2.75) is 71.3 Å². The van der Waals surface area contributed by atoms with Gasteiger partial charge in [-0.2, -0.15) is 0 Å². The van der Waals surface area contributed by atoms with Crippen LogP contribution < -0.4 is 5.32 Å². The molecule has 0 aliphatic heterocycles.